The molecule has 1 heterocycles. The third kappa shape index (κ3) is 3.91. The number of para-hydroxylation sites is 2. The standard InChI is InChI=1S/C22H16ClIN2O2/c23-16-11-9-15(10-12-16)21-25-19-7-3-1-5-17(19)22(27)26(21)13-14-28-20-8-4-2-6-18(20)24/h1-12H,13-14H2. The molecule has 0 N–H and O–H groups in total. The van der Waals surface area contributed by atoms with Gasteiger partial charge in [0.15, 0.2) is 0 Å². The van der Waals surface area contributed by atoms with Crippen LogP contribution in [0.1, 0.15) is 0 Å². The molecule has 4 nitrogen and oxygen atoms in total. The molecule has 0 bridgehead atoms. The van der Waals surface area contributed by atoms with Gasteiger partial charge >= 0.3 is 0 Å². The van der Waals surface area contributed by atoms with Crippen molar-refractivity contribution in [3.63, 3.8) is 0 Å². The average Bonchev–Trinajstić information content (AvgIpc) is 2.71. The number of benzene rings is 3. The van der Waals surface area contributed by atoms with Gasteiger partial charge in [0.25, 0.3) is 5.56 Å². The summed E-state index contributed by atoms with van der Waals surface area (Å²) in [5.74, 6) is 1.41. The van der Waals surface area contributed by atoms with Crippen molar-refractivity contribution in [2.24, 2.45) is 0 Å². The Labute approximate surface area is 180 Å². The van der Waals surface area contributed by atoms with Gasteiger partial charge < -0.3 is 4.74 Å². The van der Waals surface area contributed by atoms with Gasteiger partial charge in [-0.15, -0.1) is 0 Å². The molecular weight excluding hydrogens is 487 g/mol. The van der Waals surface area contributed by atoms with Crippen molar-refractivity contribution in [2.45, 2.75) is 6.54 Å². The number of aromatic nitrogens is 2. The Morgan fingerprint density at radius 1 is 0.964 bits per heavy atom. The molecule has 4 rings (SSSR count). The van der Waals surface area contributed by atoms with E-state index in [-0.39, 0.29) is 5.56 Å². The largest absolute Gasteiger partial charge is 0.491 e. The molecule has 0 radical (unpaired) electrons. The van der Waals surface area contributed by atoms with Crippen molar-refractivity contribution in [3.05, 3.63) is 91.7 Å². The maximum atomic E-state index is 13.1. The van der Waals surface area contributed by atoms with Gasteiger partial charge in [-0.3, -0.25) is 9.36 Å². The summed E-state index contributed by atoms with van der Waals surface area (Å²) in [6.07, 6.45) is 0. The topological polar surface area (TPSA) is 44.1 Å². The van der Waals surface area contributed by atoms with Gasteiger partial charge in [0, 0.05) is 10.6 Å². The highest BCUT2D eigenvalue weighted by atomic mass is 127. The second-order valence-corrected chi connectivity index (χ2v) is 7.79. The Morgan fingerprint density at radius 2 is 1.68 bits per heavy atom. The van der Waals surface area contributed by atoms with Gasteiger partial charge in [-0.25, -0.2) is 4.98 Å². The summed E-state index contributed by atoms with van der Waals surface area (Å²) in [6.45, 7) is 0.750. The van der Waals surface area contributed by atoms with Crippen LogP contribution in [-0.2, 0) is 6.54 Å². The quantitative estimate of drug-likeness (QED) is 0.343. The SMILES string of the molecule is O=c1c2ccccc2nc(-c2ccc(Cl)cc2)n1CCOc1ccccc1I. The molecule has 6 heteroatoms. The van der Waals surface area contributed by atoms with Crippen molar-refractivity contribution < 1.29 is 4.74 Å². The lowest BCUT2D eigenvalue weighted by atomic mass is 10.2. The first kappa shape index (κ1) is 19.0. The van der Waals surface area contributed by atoms with Gasteiger partial charge in [-0.2, -0.15) is 0 Å². The molecule has 4 aromatic rings. The predicted octanol–water partition coefficient (Wildman–Crippen LogP) is 5.40. The zero-order valence-electron chi connectivity index (χ0n) is 14.8. The minimum atomic E-state index is -0.0816. The van der Waals surface area contributed by atoms with Crippen molar-refractivity contribution in [1.29, 1.82) is 0 Å². The molecular formula is C22H16ClIN2O2. The molecule has 0 fully saturated rings. The summed E-state index contributed by atoms with van der Waals surface area (Å²) in [6, 6.07) is 22.5. The van der Waals surface area contributed by atoms with Crippen LogP contribution in [0.2, 0.25) is 5.02 Å². The monoisotopic (exact) mass is 502 g/mol. The molecule has 0 aliphatic rings. The van der Waals surface area contributed by atoms with E-state index in [4.69, 9.17) is 21.3 Å². The Balaban J connectivity index is 1.73. The number of rotatable bonds is 5. The van der Waals surface area contributed by atoms with E-state index in [1.54, 1.807) is 22.8 Å². The number of nitrogens with zero attached hydrogens (tertiary/aromatic N) is 2. The molecule has 0 saturated heterocycles. The first-order valence-corrected chi connectivity index (χ1v) is 10.2. The lowest BCUT2D eigenvalue weighted by molar-refractivity contribution is 0.295. The fourth-order valence-corrected chi connectivity index (χ4v) is 3.67. The lowest BCUT2D eigenvalue weighted by Crippen LogP contribution is -2.26. The third-order valence-corrected chi connectivity index (χ3v) is 5.52. The summed E-state index contributed by atoms with van der Waals surface area (Å²) >= 11 is 8.26. The van der Waals surface area contributed by atoms with Crippen molar-refractivity contribution in [2.75, 3.05) is 6.61 Å². The van der Waals surface area contributed by atoms with Crippen LogP contribution in [0, 0.1) is 3.57 Å². The fourth-order valence-electron chi connectivity index (χ4n) is 3.00. The molecule has 1 aromatic heterocycles. The summed E-state index contributed by atoms with van der Waals surface area (Å²) in [7, 11) is 0. The van der Waals surface area contributed by atoms with E-state index in [0.717, 1.165) is 14.9 Å². The van der Waals surface area contributed by atoms with Crippen molar-refractivity contribution in [1.82, 2.24) is 9.55 Å². The Hall–Kier alpha value is -2.38. The Kier molecular flexibility index (Phi) is 5.64. The molecule has 0 atom stereocenters. The molecule has 0 saturated carbocycles. The lowest BCUT2D eigenvalue weighted by Gasteiger charge is -2.15. The van der Waals surface area contributed by atoms with Gasteiger partial charge in [0.05, 0.1) is 21.0 Å². The molecule has 0 unspecified atom stereocenters. The first-order chi connectivity index (χ1) is 13.6. The van der Waals surface area contributed by atoms with Crippen molar-refractivity contribution >= 4 is 45.1 Å². The highest BCUT2D eigenvalue weighted by Gasteiger charge is 2.13. The third-order valence-electron chi connectivity index (χ3n) is 4.37. The van der Waals surface area contributed by atoms with E-state index < -0.39 is 0 Å². The predicted molar refractivity (Wildman–Crippen MR) is 121 cm³/mol. The Morgan fingerprint density at radius 3 is 2.46 bits per heavy atom. The first-order valence-electron chi connectivity index (χ1n) is 8.76. The maximum absolute atomic E-state index is 13.1. The molecule has 3 aromatic carbocycles. The van der Waals surface area contributed by atoms with Gasteiger partial charge in [0.1, 0.15) is 18.2 Å². The van der Waals surface area contributed by atoms with Crippen LogP contribution in [0.25, 0.3) is 22.3 Å². The summed E-state index contributed by atoms with van der Waals surface area (Å²) < 4.78 is 8.60. The second-order valence-electron chi connectivity index (χ2n) is 6.20. The molecule has 0 aliphatic carbocycles. The second kappa shape index (κ2) is 8.32. The average molecular weight is 503 g/mol. The molecule has 0 spiro atoms. The molecule has 0 amide bonds. The van der Waals surface area contributed by atoms with Gasteiger partial charge in [0.2, 0.25) is 0 Å². The normalized spacial score (nSPS) is 10.9. The van der Waals surface area contributed by atoms with E-state index in [1.165, 1.54) is 0 Å². The minimum Gasteiger partial charge on any atom is -0.491 e. The van der Waals surface area contributed by atoms with Crippen LogP contribution in [0.3, 0.4) is 0 Å². The van der Waals surface area contributed by atoms with Crippen LogP contribution < -0.4 is 10.3 Å². The van der Waals surface area contributed by atoms with Crippen LogP contribution in [-0.4, -0.2) is 16.2 Å². The number of hydrogen-bond acceptors (Lipinski definition) is 3. The molecule has 28 heavy (non-hydrogen) atoms. The summed E-state index contributed by atoms with van der Waals surface area (Å²) in [5, 5.41) is 1.23. The fraction of sp³-hybridized carbons (Fsp3) is 0.0909. The van der Waals surface area contributed by atoms with E-state index in [9.17, 15) is 4.79 Å². The highest BCUT2D eigenvalue weighted by molar-refractivity contribution is 14.1. The van der Waals surface area contributed by atoms with E-state index in [0.29, 0.717) is 34.9 Å². The number of halogens is 2. The highest BCUT2D eigenvalue weighted by Crippen LogP contribution is 2.22. The summed E-state index contributed by atoms with van der Waals surface area (Å²) in [4.78, 5) is 17.9. The van der Waals surface area contributed by atoms with Crippen LogP contribution in [0.4, 0.5) is 0 Å². The Bertz CT molecular complexity index is 1190. The van der Waals surface area contributed by atoms with E-state index in [1.807, 2.05) is 54.6 Å². The van der Waals surface area contributed by atoms with Crippen LogP contribution in [0.15, 0.2) is 77.6 Å². The molecule has 140 valence electrons. The van der Waals surface area contributed by atoms with Crippen LogP contribution >= 0.6 is 34.2 Å². The minimum absolute atomic E-state index is 0.0816. The zero-order valence-corrected chi connectivity index (χ0v) is 17.7. The van der Waals surface area contributed by atoms with Gasteiger partial charge in [-0.1, -0.05) is 35.9 Å². The zero-order chi connectivity index (χ0) is 19.5. The number of fused-ring (bicyclic) bond motifs is 1. The van der Waals surface area contributed by atoms with Crippen molar-refractivity contribution in [3.8, 4) is 17.1 Å². The number of hydrogen-bond donors (Lipinski definition) is 0. The van der Waals surface area contributed by atoms with E-state index in [2.05, 4.69) is 22.6 Å². The smallest absolute Gasteiger partial charge is 0.261 e. The maximum Gasteiger partial charge on any atom is 0.261 e. The summed E-state index contributed by atoms with van der Waals surface area (Å²) in [5.41, 5.74) is 1.43. The molecule has 0 aliphatic heterocycles. The van der Waals surface area contributed by atoms with E-state index >= 15 is 0 Å². The van der Waals surface area contributed by atoms with Crippen LogP contribution in [0.5, 0.6) is 5.75 Å². The van der Waals surface area contributed by atoms with Gasteiger partial charge in [-0.05, 0) is 71.1 Å². The number of ether oxygens (including phenoxy) is 1.